The molecule has 88 valence electrons. The second kappa shape index (κ2) is 4.60. The quantitative estimate of drug-likeness (QED) is 0.773. The summed E-state index contributed by atoms with van der Waals surface area (Å²) in [6.07, 6.45) is 0.897. The molecule has 1 aliphatic heterocycles. The van der Waals surface area contributed by atoms with Crippen LogP contribution in [0.1, 0.15) is 30.3 Å². The first kappa shape index (κ1) is 11.7. The van der Waals surface area contributed by atoms with Crippen LogP contribution < -0.4 is 0 Å². The third-order valence-electron chi connectivity index (χ3n) is 3.00. The van der Waals surface area contributed by atoms with Crippen LogP contribution in [-0.2, 0) is 0 Å². The van der Waals surface area contributed by atoms with Crippen LogP contribution in [0.25, 0.3) is 0 Å². The van der Waals surface area contributed by atoms with Crippen molar-refractivity contribution in [2.45, 2.75) is 25.7 Å². The number of carbonyl (C=O) groups is 1. The van der Waals surface area contributed by atoms with Crippen molar-refractivity contribution in [2.75, 3.05) is 13.1 Å². The second-order valence-electron chi connectivity index (χ2n) is 4.08. The maximum Gasteiger partial charge on any atom is 0.407 e. The van der Waals surface area contributed by atoms with Gasteiger partial charge in [0.25, 0.3) is 0 Å². The summed E-state index contributed by atoms with van der Waals surface area (Å²) in [6, 6.07) is 0. The average Bonchev–Trinajstić information content (AvgIpc) is 2.59. The van der Waals surface area contributed by atoms with Crippen LogP contribution in [0.2, 0.25) is 0 Å². The molecule has 0 saturated carbocycles. The van der Waals surface area contributed by atoms with Crippen molar-refractivity contribution in [2.24, 2.45) is 0 Å². The van der Waals surface area contributed by atoms with Gasteiger partial charge >= 0.3 is 6.09 Å². The zero-order chi connectivity index (χ0) is 11.7. The van der Waals surface area contributed by atoms with Crippen molar-refractivity contribution >= 4 is 28.7 Å². The first-order valence-electron chi connectivity index (χ1n) is 5.28. The largest absolute Gasteiger partial charge is 0.465 e. The Labute approximate surface area is 107 Å². The van der Waals surface area contributed by atoms with Crippen LogP contribution in [0.5, 0.6) is 0 Å². The minimum atomic E-state index is -0.816. The Bertz CT molecular complexity index is 377. The normalized spacial score (nSPS) is 17.8. The van der Waals surface area contributed by atoms with Crippen LogP contribution in [0.15, 0.2) is 0 Å². The summed E-state index contributed by atoms with van der Waals surface area (Å²) in [5.41, 5.74) is 1.09. The Balaban J connectivity index is 2.01. The number of nitrogens with one attached hydrogen (secondary N) is 1. The Hall–Kier alpha value is -0.790. The molecular formula is C10H14IN3O2. The van der Waals surface area contributed by atoms with E-state index < -0.39 is 6.09 Å². The molecule has 1 saturated heterocycles. The third kappa shape index (κ3) is 2.31. The lowest BCUT2D eigenvalue weighted by molar-refractivity contribution is 0.131. The van der Waals surface area contributed by atoms with Crippen LogP contribution >= 0.6 is 22.6 Å². The molecule has 1 amide bonds. The predicted octanol–water partition coefficient (Wildman–Crippen LogP) is 2.18. The predicted molar refractivity (Wildman–Crippen MR) is 67.6 cm³/mol. The second-order valence-corrected chi connectivity index (χ2v) is 5.10. The fourth-order valence-corrected chi connectivity index (χ4v) is 2.39. The van der Waals surface area contributed by atoms with E-state index in [4.69, 9.17) is 5.11 Å². The highest BCUT2D eigenvalue weighted by Crippen LogP contribution is 2.27. The molecule has 0 radical (unpaired) electrons. The molecule has 5 nitrogen and oxygen atoms in total. The Morgan fingerprint density at radius 3 is 2.62 bits per heavy atom. The van der Waals surface area contributed by atoms with E-state index in [0.29, 0.717) is 19.0 Å². The summed E-state index contributed by atoms with van der Waals surface area (Å²) in [5, 5.41) is 8.84. The molecule has 0 unspecified atom stereocenters. The zero-order valence-corrected chi connectivity index (χ0v) is 11.2. The Kier molecular flexibility index (Phi) is 3.36. The molecule has 1 aromatic heterocycles. The van der Waals surface area contributed by atoms with Gasteiger partial charge in [-0.05, 0) is 42.4 Å². The molecule has 0 spiro atoms. The van der Waals surface area contributed by atoms with Crippen LogP contribution in [0, 0.1) is 10.6 Å². The van der Waals surface area contributed by atoms with Gasteiger partial charge in [0.2, 0.25) is 0 Å². The van der Waals surface area contributed by atoms with E-state index in [2.05, 4.69) is 32.6 Å². The number of halogens is 1. The molecule has 1 aromatic rings. The molecule has 16 heavy (non-hydrogen) atoms. The number of carboxylic acid groups (broad SMARTS) is 1. The topological polar surface area (TPSA) is 69.2 Å². The molecule has 0 atom stereocenters. The number of likely N-dealkylation sites (tertiary alicyclic amines) is 1. The van der Waals surface area contributed by atoms with Crippen molar-refractivity contribution in [3.63, 3.8) is 0 Å². The van der Waals surface area contributed by atoms with E-state index in [-0.39, 0.29) is 0 Å². The van der Waals surface area contributed by atoms with Gasteiger partial charge in [-0.1, -0.05) is 0 Å². The molecule has 0 bridgehead atoms. The van der Waals surface area contributed by atoms with E-state index in [0.717, 1.165) is 28.1 Å². The minimum absolute atomic E-state index is 0.373. The molecule has 2 N–H and O–H groups in total. The highest BCUT2D eigenvalue weighted by atomic mass is 127. The number of imidazole rings is 1. The third-order valence-corrected chi connectivity index (χ3v) is 4.05. The summed E-state index contributed by atoms with van der Waals surface area (Å²) in [7, 11) is 0. The SMILES string of the molecule is Cc1[nH]c(C2CCN(C(=O)O)CC2)nc1I. The highest BCUT2D eigenvalue weighted by molar-refractivity contribution is 14.1. The highest BCUT2D eigenvalue weighted by Gasteiger charge is 2.25. The summed E-state index contributed by atoms with van der Waals surface area (Å²) in [4.78, 5) is 20.0. The molecule has 2 heterocycles. The standard InChI is InChI=1S/C10H14IN3O2/c1-6-8(11)13-9(12-6)7-2-4-14(5-3-7)10(15)16/h7H,2-5H2,1H3,(H,12,13)(H,15,16). The molecule has 6 heteroatoms. The number of amides is 1. The van der Waals surface area contributed by atoms with Gasteiger partial charge in [0.15, 0.2) is 0 Å². The van der Waals surface area contributed by atoms with Crippen molar-refractivity contribution in [1.82, 2.24) is 14.9 Å². The average molecular weight is 335 g/mol. The summed E-state index contributed by atoms with van der Waals surface area (Å²) >= 11 is 2.21. The van der Waals surface area contributed by atoms with Crippen molar-refractivity contribution in [3.05, 3.63) is 15.2 Å². The van der Waals surface area contributed by atoms with Crippen molar-refractivity contribution in [1.29, 1.82) is 0 Å². The van der Waals surface area contributed by atoms with Crippen LogP contribution in [-0.4, -0.2) is 39.2 Å². The van der Waals surface area contributed by atoms with Gasteiger partial charge in [0.1, 0.15) is 9.53 Å². The van der Waals surface area contributed by atoms with E-state index >= 15 is 0 Å². The lowest BCUT2D eigenvalue weighted by atomic mass is 9.96. The van der Waals surface area contributed by atoms with E-state index in [9.17, 15) is 4.79 Å². The van der Waals surface area contributed by atoms with Gasteiger partial charge in [-0.25, -0.2) is 9.78 Å². The van der Waals surface area contributed by atoms with Gasteiger partial charge < -0.3 is 15.0 Å². The number of H-pyrrole nitrogens is 1. The summed E-state index contributed by atoms with van der Waals surface area (Å²) in [5.74, 6) is 1.38. The molecule has 2 rings (SSSR count). The fourth-order valence-electron chi connectivity index (χ4n) is 2.00. The van der Waals surface area contributed by atoms with Crippen LogP contribution in [0.4, 0.5) is 4.79 Å². The minimum Gasteiger partial charge on any atom is -0.465 e. The van der Waals surface area contributed by atoms with Gasteiger partial charge in [-0.3, -0.25) is 0 Å². The van der Waals surface area contributed by atoms with E-state index in [1.54, 1.807) is 0 Å². The van der Waals surface area contributed by atoms with Gasteiger partial charge in [0, 0.05) is 24.7 Å². The van der Waals surface area contributed by atoms with E-state index in [1.165, 1.54) is 4.90 Å². The monoisotopic (exact) mass is 335 g/mol. The number of piperidine rings is 1. The number of aryl methyl sites for hydroxylation is 1. The summed E-state index contributed by atoms with van der Waals surface area (Å²) in [6.45, 7) is 3.22. The van der Waals surface area contributed by atoms with E-state index in [1.807, 2.05) is 6.92 Å². The molecule has 1 aliphatic rings. The van der Waals surface area contributed by atoms with Crippen molar-refractivity contribution < 1.29 is 9.90 Å². The first-order chi connectivity index (χ1) is 7.58. The molecular weight excluding hydrogens is 321 g/mol. The Morgan fingerprint density at radius 2 is 2.19 bits per heavy atom. The van der Waals surface area contributed by atoms with Gasteiger partial charge in [-0.15, -0.1) is 0 Å². The maximum atomic E-state index is 10.8. The van der Waals surface area contributed by atoms with Crippen LogP contribution in [0.3, 0.4) is 0 Å². The molecule has 0 aliphatic carbocycles. The number of hydrogen-bond acceptors (Lipinski definition) is 2. The summed E-state index contributed by atoms with van der Waals surface area (Å²) < 4.78 is 1.01. The zero-order valence-electron chi connectivity index (χ0n) is 9.03. The first-order valence-corrected chi connectivity index (χ1v) is 6.35. The van der Waals surface area contributed by atoms with Gasteiger partial charge in [0.05, 0.1) is 0 Å². The number of rotatable bonds is 1. The van der Waals surface area contributed by atoms with Crippen molar-refractivity contribution in [3.8, 4) is 0 Å². The lowest BCUT2D eigenvalue weighted by Gasteiger charge is -2.28. The number of nitrogens with zero attached hydrogens (tertiary/aromatic N) is 2. The number of aromatic amines is 1. The molecule has 1 fully saturated rings. The fraction of sp³-hybridized carbons (Fsp3) is 0.600. The maximum absolute atomic E-state index is 10.8. The smallest absolute Gasteiger partial charge is 0.407 e. The Morgan fingerprint density at radius 1 is 1.56 bits per heavy atom. The lowest BCUT2D eigenvalue weighted by Crippen LogP contribution is -2.37. The molecule has 0 aromatic carbocycles. The number of aromatic nitrogens is 2. The van der Waals surface area contributed by atoms with Gasteiger partial charge in [-0.2, -0.15) is 0 Å². The number of hydrogen-bond donors (Lipinski definition) is 2.